The van der Waals surface area contributed by atoms with Crippen molar-refractivity contribution in [2.24, 2.45) is 0 Å². The minimum atomic E-state index is -0.534. The van der Waals surface area contributed by atoms with Gasteiger partial charge < -0.3 is 9.73 Å². The van der Waals surface area contributed by atoms with E-state index in [4.69, 9.17) is 4.42 Å². The average Bonchev–Trinajstić information content (AvgIpc) is 2.57. The van der Waals surface area contributed by atoms with E-state index in [9.17, 15) is 19.7 Å². The zero-order valence-electron chi connectivity index (χ0n) is 12.6. The van der Waals surface area contributed by atoms with Gasteiger partial charge in [-0.05, 0) is 19.1 Å². The normalized spacial score (nSPS) is 10.5. The smallest absolute Gasteiger partial charge is 0.343 e. The maximum Gasteiger partial charge on any atom is 0.343 e. The van der Waals surface area contributed by atoms with E-state index >= 15 is 0 Å². The molecule has 0 atom stereocenters. The zero-order valence-corrected chi connectivity index (χ0v) is 12.6. The summed E-state index contributed by atoms with van der Waals surface area (Å²) in [6, 6.07) is 11.0. The first-order valence-corrected chi connectivity index (χ1v) is 7.05. The van der Waals surface area contributed by atoms with E-state index in [2.05, 4.69) is 5.32 Å². The molecule has 3 rings (SSSR count). The van der Waals surface area contributed by atoms with Crippen molar-refractivity contribution in [3.63, 3.8) is 0 Å². The van der Waals surface area contributed by atoms with E-state index in [1.54, 1.807) is 37.3 Å². The lowest BCUT2D eigenvalue weighted by Crippen LogP contribution is -2.15. The first kappa shape index (κ1) is 15.4. The average molecular weight is 324 g/mol. The Labute approximate surface area is 135 Å². The molecular formula is C17H12N2O5. The van der Waals surface area contributed by atoms with Crippen LogP contribution in [0.15, 0.2) is 57.9 Å². The summed E-state index contributed by atoms with van der Waals surface area (Å²) >= 11 is 0. The minimum Gasteiger partial charge on any atom is -0.430 e. The third kappa shape index (κ3) is 2.63. The van der Waals surface area contributed by atoms with Crippen molar-refractivity contribution in [2.45, 2.75) is 6.92 Å². The molecule has 1 amide bonds. The Kier molecular flexibility index (Phi) is 3.83. The molecule has 1 heterocycles. The van der Waals surface area contributed by atoms with E-state index in [0.717, 1.165) is 6.26 Å². The monoisotopic (exact) mass is 324 g/mol. The fraction of sp³-hybridized carbons (Fsp3) is 0.0588. The molecular weight excluding hydrogens is 312 g/mol. The second-order valence-electron chi connectivity index (χ2n) is 5.14. The predicted octanol–water partition coefficient (Wildman–Crippen LogP) is 3.26. The van der Waals surface area contributed by atoms with Gasteiger partial charge in [-0.15, -0.1) is 0 Å². The molecule has 120 valence electrons. The molecule has 0 saturated heterocycles. The van der Waals surface area contributed by atoms with Gasteiger partial charge in [-0.3, -0.25) is 14.9 Å². The van der Waals surface area contributed by atoms with Gasteiger partial charge in [0.25, 0.3) is 11.6 Å². The molecule has 0 spiro atoms. The number of fused-ring (bicyclic) bond motifs is 1. The Hall–Kier alpha value is -3.48. The van der Waals surface area contributed by atoms with E-state index in [1.165, 1.54) is 12.1 Å². The highest BCUT2D eigenvalue weighted by Crippen LogP contribution is 2.26. The number of rotatable bonds is 3. The topological polar surface area (TPSA) is 102 Å². The van der Waals surface area contributed by atoms with Crippen LogP contribution in [0.5, 0.6) is 0 Å². The summed E-state index contributed by atoms with van der Waals surface area (Å²) in [5.74, 6) is -0.515. The van der Waals surface area contributed by atoms with Gasteiger partial charge in [0.15, 0.2) is 0 Å². The van der Waals surface area contributed by atoms with Crippen LogP contribution in [0, 0.1) is 17.0 Å². The highest BCUT2D eigenvalue weighted by atomic mass is 16.6. The van der Waals surface area contributed by atoms with E-state index < -0.39 is 16.5 Å². The number of nitro benzene ring substituents is 1. The number of carbonyl (C=O) groups is 1. The maximum absolute atomic E-state index is 12.5. The first-order valence-electron chi connectivity index (χ1n) is 7.05. The summed E-state index contributed by atoms with van der Waals surface area (Å²) in [6.45, 7) is 1.55. The fourth-order valence-electron chi connectivity index (χ4n) is 2.46. The highest BCUT2D eigenvalue weighted by Gasteiger charge is 2.17. The van der Waals surface area contributed by atoms with Crippen LogP contribution < -0.4 is 10.9 Å². The van der Waals surface area contributed by atoms with Gasteiger partial charge in [0.1, 0.15) is 6.26 Å². The van der Waals surface area contributed by atoms with Crippen LogP contribution in [-0.4, -0.2) is 10.8 Å². The molecule has 7 nitrogen and oxygen atoms in total. The summed E-state index contributed by atoms with van der Waals surface area (Å²) in [7, 11) is 0. The van der Waals surface area contributed by atoms with Crippen LogP contribution in [0.4, 0.5) is 11.4 Å². The molecule has 0 saturated carbocycles. The van der Waals surface area contributed by atoms with E-state index in [0.29, 0.717) is 22.0 Å². The number of nitrogens with zero attached hydrogens (tertiary/aromatic N) is 1. The summed E-state index contributed by atoms with van der Waals surface area (Å²) in [5, 5.41) is 14.4. The number of benzene rings is 2. The van der Waals surface area contributed by atoms with Gasteiger partial charge in [0, 0.05) is 11.5 Å². The predicted molar refractivity (Wildman–Crippen MR) is 88.3 cm³/mol. The Balaban J connectivity index is 2.03. The Morgan fingerprint density at radius 1 is 1.12 bits per heavy atom. The number of hydrogen-bond acceptors (Lipinski definition) is 5. The van der Waals surface area contributed by atoms with Crippen molar-refractivity contribution in [1.29, 1.82) is 0 Å². The SMILES string of the molecule is Cc1c(NC(=O)c2coc(=O)c3ccccc23)cccc1[N+](=O)[O-]. The lowest BCUT2D eigenvalue weighted by atomic mass is 10.1. The molecule has 0 unspecified atom stereocenters. The van der Waals surface area contributed by atoms with Crippen LogP contribution in [0.1, 0.15) is 15.9 Å². The molecule has 0 aliphatic rings. The van der Waals surface area contributed by atoms with Crippen molar-refractivity contribution in [1.82, 2.24) is 0 Å². The van der Waals surface area contributed by atoms with Gasteiger partial charge in [-0.1, -0.05) is 24.3 Å². The third-order valence-electron chi connectivity index (χ3n) is 3.72. The number of nitro groups is 1. The van der Waals surface area contributed by atoms with Gasteiger partial charge in [-0.2, -0.15) is 0 Å². The molecule has 0 aliphatic heterocycles. The molecule has 0 fully saturated rings. The summed E-state index contributed by atoms with van der Waals surface area (Å²) < 4.78 is 4.90. The Morgan fingerprint density at radius 3 is 2.54 bits per heavy atom. The molecule has 0 radical (unpaired) electrons. The van der Waals surface area contributed by atoms with E-state index in [1.807, 2.05) is 0 Å². The van der Waals surface area contributed by atoms with Crippen molar-refractivity contribution < 1.29 is 14.1 Å². The fourth-order valence-corrected chi connectivity index (χ4v) is 2.46. The summed E-state index contributed by atoms with van der Waals surface area (Å²) in [4.78, 5) is 34.7. The van der Waals surface area contributed by atoms with Crippen molar-refractivity contribution in [2.75, 3.05) is 5.32 Å². The van der Waals surface area contributed by atoms with E-state index in [-0.39, 0.29) is 11.3 Å². The zero-order chi connectivity index (χ0) is 17.3. The van der Waals surface area contributed by atoms with Crippen molar-refractivity contribution >= 4 is 28.1 Å². The molecule has 3 aromatic rings. The Morgan fingerprint density at radius 2 is 1.83 bits per heavy atom. The second kappa shape index (κ2) is 5.96. The van der Waals surface area contributed by atoms with Gasteiger partial charge in [-0.25, -0.2) is 4.79 Å². The number of nitrogens with one attached hydrogen (secondary N) is 1. The molecule has 0 bridgehead atoms. The van der Waals surface area contributed by atoms with Crippen LogP contribution in [-0.2, 0) is 0 Å². The van der Waals surface area contributed by atoms with Gasteiger partial charge in [0.05, 0.1) is 27.1 Å². The van der Waals surface area contributed by atoms with Crippen LogP contribution in [0.2, 0.25) is 0 Å². The lowest BCUT2D eigenvalue weighted by molar-refractivity contribution is -0.385. The number of anilines is 1. The number of amides is 1. The molecule has 1 N–H and O–H groups in total. The number of hydrogen-bond donors (Lipinski definition) is 1. The van der Waals surface area contributed by atoms with Crippen LogP contribution in [0.25, 0.3) is 10.8 Å². The van der Waals surface area contributed by atoms with Gasteiger partial charge in [0.2, 0.25) is 0 Å². The highest BCUT2D eigenvalue weighted by molar-refractivity contribution is 6.12. The molecule has 7 heteroatoms. The van der Waals surface area contributed by atoms with Crippen LogP contribution >= 0.6 is 0 Å². The molecule has 24 heavy (non-hydrogen) atoms. The molecule has 1 aromatic heterocycles. The first-order chi connectivity index (χ1) is 11.5. The largest absolute Gasteiger partial charge is 0.430 e. The third-order valence-corrected chi connectivity index (χ3v) is 3.72. The van der Waals surface area contributed by atoms with Crippen molar-refractivity contribution in [3.8, 4) is 0 Å². The lowest BCUT2D eigenvalue weighted by Gasteiger charge is -2.09. The van der Waals surface area contributed by atoms with Crippen LogP contribution in [0.3, 0.4) is 0 Å². The second-order valence-corrected chi connectivity index (χ2v) is 5.14. The molecule has 2 aromatic carbocycles. The quantitative estimate of drug-likeness (QED) is 0.588. The standard InChI is InChI=1S/C17H12N2O5/c1-10-14(7-4-8-15(10)19(22)23)18-16(20)13-9-24-17(21)12-6-3-2-5-11(12)13/h2-9H,1H3,(H,18,20). The summed E-state index contributed by atoms with van der Waals surface area (Å²) in [5.41, 5.74) is 0.226. The van der Waals surface area contributed by atoms with Crippen molar-refractivity contribution in [3.05, 3.63) is 80.4 Å². The maximum atomic E-state index is 12.5. The summed E-state index contributed by atoms with van der Waals surface area (Å²) in [6.07, 6.45) is 1.09. The number of carbonyl (C=O) groups excluding carboxylic acids is 1. The minimum absolute atomic E-state index is 0.0859. The van der Waals surface area contributed by atoms with Gasteiger partial charge >= 0.3 is 5.63 Å². The Bertz CT molecular complexity index is 1020. The molecule has 0 aliphatic carbocycles.